The summed E-state index contributed by atoms with van der Waals surface area (Å²) in [5.41, 5.74) is 1.71. The van der Waals surface area contributed by atoms with Crippen LogP contribution < -0.4 is 0 Å². The lowest BCUT2D eigenvalue weighted by Gasteiger charge is -2.12. The van der Waals surface area contributed by atoms with E-state index in [0.29, 0.717) is 20.8 Å². The number of carbonyl (C=O) groups excluding carboxylic acids is 1. The summed E-state index contributed by atoms with van der Waals surface area (Å²) in [6, 6.07) is 5.83. The first-order valence-electron chi connectivity index (χ1n) is 6.67. The predicted octanol–water partition coefficient (Wildman–Crippen LogP) is 3.99. The second kappa shape index (κ2) is 5.89. The lowest BCUT2D eigenvalue weighted by Crippen LogP contribution is -2.16. The molecule has 0 saturated heterocycles. The third-order valence-corrected chi connectivity index (χ3v) is 4.84. The zero-order chi connectivity index (χ0) is 15.9. The largest absolute Gasteiger partial charge is 0.297 e. The van der Waals surface area contributed by atoms with Crippen LogP contribution in [0.5, 0.6) is 0 Å². The molecule has 0 spiro atoms. The van der Waals surface area contributed by atoms with Crippen molar-refractivity contribution in [2.45, 2.75) is 19.4 Å². The zero-order valence-corrected chi connectivity index (χ0v) is 13.9. The maximum atomic E-state index is 14.2. The van der Waals surface area contributed by atoms with Crippen LogP contribution in [0.1, 0.15) is 23.7 Å². The van der Waals surface area contributed by atoms with Crippen LogP contribution in [-0.2, 0) is 11.2 Å². The number of nitrogens with zero attached hydrogens (tertiary/aromatic N) is 2. The Bertz CT molecular complexity index is 807. The highest BCUT2D eigenvalue weighted by Gasteiger charge is 2.27. The Labute approximate surface area is 140 Å². The van der Waals surface area contributed by atoms with Crippen LogP contribution in [0, 0.1) is 5.82 Å². The van der Waals surface area contributed by atoms with E-state index in [-0.39, 0.29) is 17.9 Å². The molecule has 0 N–H and O–H groups in total. The third-order valence-electron chi connectivity index (χ3n) is 3.55. The Morgan fingerprint density at radius 1 is 1.36 bits per heavy atom. The molecule has 1 aliphatic heterocycles. The molecule has 1 aromatic carbocycles. The fourth-order valence-corrected chi connectivity index (χ4v) is 3.00. The number of rotatable bonds is 1. The van der Waals surface area contributed by atoms with E-state index in [1.54, 1.807) is 19.1 Å². The lowest BCUT2D eigenvalue weighted by molar-refractivity contribution is -0.119. The van der Waals surface area contributed by atoms with Crippen LogP contribution in [0.3, 0.4) is 0 Å². The Balaban J connectivity index is 2.33. The number of aromatic nitrogens is 1. The van der Waals surface area contributed by atoms with Gasteiger partial charge < -0.3 is 0 Å². The summed E-state index contributed by atoms with van der Waals surface area (Å²) >= 11 is 9.75. The summed E-state index contributed by atoms with van der Waals surface area (Å²) in [6.45, 7) is 1.69. The van der Waals surface area contributed by atoms with E-state index in [1.165, 1.54) is 18.3 Å². The molecule has 1 atom stereocenters. The second-order valence-electron chi connectivity index (χ2n) is 5.03. The first kappa shape index (κ1) is 15.3. The van der Waals surface area contributed by atoms with Gasteiger partial charge in [0.05, 0.1) is 10.7 Å². The van der Waals surface area contributed by atoms with Crippen molar-refractivity contribution < 1.29 is 9.18 Å². The Hall–Kier alpha value is -1.59. The van der Waals surface area contributed by atoms with Gasteiger partial charge in [0.1, 0.15) is 11.7 Å². The van der Waals surface area contributed by atoms with Crippen molar-refractivity contribution in [1.82, 2.24) is 4.98 Å². The quantitative estimate of drug-likeness (QED) is 0.749. The smallest absolute Gasteiger partial charge is 0.161 e. The molecular formula is C16H11BrClFN2O. The van der Waals surface area contributed by atoms with Gasteiger partial charge in [-0.2, -0.15) is 0 Å². The number of ketones is 1. The van der Waals surface area contributed by atoms with Crippen molar-refractivity contribution >= 4 is 39.0 Å². The number of halogens is 3. The number of carbonyl (C=O) groups is 1. The van der Waals surface area contributed by atoms with E-state index >= 15 is 0 Å². The van der Waals surface area contributed by atoms with Crippen molar-refractivity contribution in [2.24, 2.45) is 4.99 Å². The number of pyridine rings is 1. The Morgan fingerprint density at radius 2 is 2.14 bits per heavy atom. The highest BCUT2D eigenvalue weighted by Crippen LogP contribution is 2.33. The molecule has 0 fully saturated rings. The van der Waals surface area contributed by atoms with E-state index in [9.17, 15) is 9.18 Å². The van der Waals surface area contributed by atoms with Crippen LogP contribution >= 0.6 is 27.5 Å². The van der Waals surface area contributed by atoms with E-state index in [2.05, 4.69) is 25.9 Å². The molecule has 22 heavy (non-hydrogen) atoms. The van der Waals surface area contributed by atoms with E-state index in [0.717, 1.165) is 5.56 Å². The summed E-state index contributed by atoms with van der Waals surface area (Å²) in [7, 11) is 0. The molecule has 1 aromatic heterocycles. The third kappa shape index (κ3) is 2.59. The second-order valence-corrected chi connectivity index (χ2v) is 6.26. The molecule has 2 heterocycles. The molecule has 3 nitrogen and oxygen atoms in total. The molecule has 1 aliphatic rings. The van der Waals surface area contributed by atoms with Crippen LogP contribution in [0.2, 0.25) is 5.02 Å². The van der Waals surface area contributed by atoms with E-state index < -0.39 is 11.9 Å². The number of Topliss-reactive ketones (excluding diaryl/α,β-unsaturated/α-hetero) is 1. The highest BCUT2D eigenvalue weighted by atomic mass is 79.9. The predicted molar refractivity (Wildman–Crippen MR) is 87.2 cm³/mol. The average molecular weight is 382 g/mol. The van der Waals surface area contributed by atoms with Gasteiger partial charge in [-0.3, -0.25) is 14.8 Å². The minimum Gasteiger partial charge on any atom is -0.297 e. The number of fused-ring (bicyclic) bond motifs is 1. The van der Waals surface area contributed by atoms with Gasteiger partial charge >= 0.3 is 0 Å². The number of benzene rings is 1. The normalized spacial score (nSPS) is 17.7. The molecule has 0 bridgehead atoms. The van der Waals surface area contributed by atoms with Crippen molar-refractivity contribution in [2.75, 3.05) is 0 Å². The monoisotopic (exact) mass is 380 g/mol. The highest BCUT2D eigenvalue weighted by molar-refractivity contribution is 9.10. The van der Waals surface area contributed by atoms with Crippen LogP contribution in [0.4, 0.5) is 4.39 Å². The maximum Gasteiger partial charge on any atom is 0.161 e. The van der Waals surface area contributed by atoms with E-state index in [4.69, 9.17) is 11.6 Å². The van der Waals surface area contributed by atoms with Crippen molar-refractivity contribution in [3.05, 3.63) is 62.6 Å². The molecule has 2 aromatic rings. The van der Waals surface area contributed by atoms with Crippen LogP contribution in [0.15, 0.2) is 39.9 Å². The van der Waals surface area contributed by atoms with Crippen molar-refractivity contribution in [3.8, 4) is 0 Å². The molecule has 0 aliphatic carbocycles. The molecule has 0 radical (unpaired) electrons. The van der Waals surface area contributed by atoms with Crippen molar-refractivity contribution in [1.29, 1.82) is 0 Å². The minimum atomic E-state index is -0.571. The maximum absolute atomic E-state index is 14.2. The molecule has 6 heteroatoms. The molecule has 0 unspecified atom stereocenters. The Morgan fingerprint density at radius 3 is 2.86 bits per heavy atom. The van der Waals surface area contributed by atoms with Crippen LogP contribution in [0.25, 0.3) is 0 Å². The summed E-state index contributed by atoms with van der Waals surface area (Å²) in [5.74, 6) is -0.532. The lowest BCUT2D eigenvalue weighted by atomic mass is 9.97. The van der Waals surface area contributed by atoms with Gasteiger partial charge in [0.15, 0.2) is 11.6 Å². The fraction of sp³-hybridized carbons (Fsp3) is 0.188. The summed E-state index contributed by atoms with van der Waals surface area (Å²) < 4.78 is 14.8. The summed E-state index contributed by atoms with van der Waals surface area (Å²) in [6.07, 6.45) is 1.70. The average Bonchev–Trinajstić information content (AvgIpc) is 2.61. The summed E-state index contributed by atoms with van der Waals surface area (Å²) in [4.78, 5) is 20.6. The van der Waals surface area contributed by atoms with Gasteiger partial charge in [-0.15, -0.1) is 0 Å². The number of hydrogen-bond donors (Lipinski definition) is 0. The molecule has 0 amide bonds. The topological polar surface area (TPSA) is 42.3 Å². The van der Waals surface area contributed by atoms with E-state index in [1.807, 2.05) is 0 Å². The molecular weight excluding hydrogens is 371 g/mol. The Kier molecular flexibility index (Phi) is 4.10. The minimum absolute atomic E-state index is 0.0361. The van der Waals surface area contributed by atoms with Crippen LogP contribution in [-0.4, -0.2) is 22.5 Å². The number of aliphatic imine (C=N–C) groups is 1. The van der Waals surface area contributed by atoms with Gasteiger partial charge in [0, 0.05) is 22.7 Å². The SMILES string of the molecule is C[C@@H]1N=C(c2ncccc2F)c2c(ccc(Br)c2Cl)CC1=O. The molecule has 0 saturated carbocycles. The van der Waals surface area contributed by atoms with Crippen molar-refractivity contribution in [3.63, 3.8) is 0 Å². The number of hydrogen-bond acceptors (Lipinski definition) is 3. The van der Waals surface area contributed by atoms with Gasteiger partial charge in [-0.1, -0.05) is 17.7 Å². The molecule has 112 valence electrons. The fourth-order valence-electron chi connectivity index (χ4n) is 2.40. The van der Waals surface area contributed by atoms with Gasteiger partial charge in [0.25, 0.3) is 0 Å². The first-order valence-corrected chi connectivity index (χ1v) is 7.84. The van der Waals surface area contributed by atoms with Gasteiger partial charge in [-0.25, -0.2) is 4.39 Å². The molecule has 3 rings (SSSR count). The standard InChI is InChI=1S/C16H11BrClFN2O/c1-8-12(22)7-9-4-5-10(17)14(18)13(9)16(21-8)15-11(19)3-2-6-20-15/h2-6,8H,7H2,1H3/t8-/m0/s1. The summed E-state index contributed by atoms with van der Waals surface area (Å²) in [5, 5.41) is 0.406. The zero-order valence-electron chi connectivity index (χ0n) is 11.6. The van der Waals surface area contributed by atoms with Gasteiger partial charge in [0.2, 0.25) is 0 Å². The first-order chi connectivity index (χ1) is 10.5. The van der Waals surface area contributed by atoms with Gasteiger partial charge in [-0.05, 0) is 46.6 Å².